The molecular weight excluding hydrogens is 407 g/mol. The van der Waals surface area contributed by atoms with Gasteiger partial charge in [-0.3, -0.25) is 9.59 Å². The first-order valence-corrected chi connectivity index (χ1v) is 8.22. The minimum absolute atomic E-state index is 0.0471. The van der Waals surface area contributed by atoms with Gasteiger partial charge in [0.25, 0.3) is 11.8 Å². The Kier molecular flexibility index (Phi) is 6.86. The molecule has 5 nitrogen and oxygen atoms in total. The highest BCUT2D eigenvalue weighted by Crippen LogP contribution is 2.10. The Morgan fingerprint density at radius 1 is 0.913 bits per heavy atom. The summed E-state index contributed by atoms with van der Waals surface area (Å²) in [6.45, 7) is 0.668. The van der Waals surface area contributed by atoms with Crippen molar-refractivity contribution in [2.24, 2.45) is 0 Å². The fourth-order valence-corrected chi connectivity index (χ4v) is 2.47. The molecule has 0 aliphatic carbocycles. The number of hydrogen-bond donors (Lipinski definition) is 2. The summed E-state index contributed by atoms with van der Waals surface area (Å²) in [6.07, 6.45) is 0. The molecule has 0 radical (unpaired) electrons. The number of benzene rings is 2. The smallest absolute Gasteiger partial charge is 0.258 e. The SMILES string of the molecule is O=C(COc1ccccc1)NCCNC(=O)c1ccccc1I. The molecule has 120 valence electrons. The van der Waals surface area contributed by atoms with E-state index in [0.29, 0.717) is 24.4 Å². The zero-order chi connectivity index (χ0) is 16.5. The van der Waals surface area contributed by atoms with Crippen LogP contribution in [0.1, 0.15) is 10.4 Å². The summed E-state index contributed by atoms with van der Waals surface area (Å²) in [4.78, 5) is 23.6. The number of halogens is 1. The molecular formula is C17H17IN2O3. The van der Waals surface area contributed by atoms with E-state index in [-0.39, 0.29) is 18.4 Å². The molecule has 2 N–H and O–H groups in total. The van der Waals surface area contributed by atoms with Crippen LogP contribution in [0.4, 0.5) is 0 Å². The van der Waals surface area contributed by atoms with Gasteiger partial charge in [-0.1, -0.05) is 30.3 Å². The lowest BCUT2D eigenvalue weighted by molar-refractivity contribution is -0.123. The molecule has 0 atom stereocenters. The van der Waals surface area contributed by atoms with Crippen molar-refractivity contribution in [3.05, 3.63) is 63.7 Å². The average Bonchev–Trinajstić information content (AvgIpc) is 2.58. The van der Waals surface area contributed by atoms with Gasteiger partial charge in [0.1, 0.15) is 5.75 Å². The molecule has 0 aliphatic heterocycles. The van der Waals surface area contributed by atoms with Gasteiger partial charge in [-0.05, 0) is 46.9 Å². The van der Waals surface area contributed by atoms with Crippen molar-refractivity contribution in [3.8, 4) is 5.75 Å². The van der Waals surface area contributed by atoms with Crippen LogP contribution in [-0.4, -0.2) is 31.5 Å². The lowest BCUT2D eigenvalue weighted by atomic mass is 10.2. The van der Waals surface area contributed by atoms with Crippen molar-refractivity contribution in [1.29, 1.82) is 0 Å². The number of para-hydroxylation sites is 1. The van der Waals surface area contributed by atoms with Crippen LogP contribution in [-0.2, 0) is 4.79 Å². The number of hydrogen-bond acceptors (Lipinski definition) is 3. The van der Waals surface area contributed by atoms with E-state index >= 15 is 0 Å². The summed E-state index contributed by atoms with van der Waals surface area (Å²) < 4.78 is 6.22. The fraction of sp³-hybridized carbons (Fsp3) is 0.176. The maximum atomic E-state index is 12.0. The molecule has 6 heteroatoms. The Morgan fingerprint density at radius 3 is 2.30 bits per heavy atom. The van der Waals surface area contributed by atoms with Crippen LogP contribution in [0.2, 0.25) is 0 Å². The van der Waals surface area contributed by atoms with Crippen molar-refractivity contribution in [1.82, 2.24) is 10.6 Å². The Labute approximate surface area is 148 Å². The minimum atomic E-state index is -0.225. The second-order valence-electron chi connectivity index (χ2n) is 4.69. The summed E-state index contributed by atoms with van der Waals surface area (Å²) in [5.41, 5.74) is 0.631. The standard InChI is InChI=1S/C17H17IN2O3/c18-15-9-5-4-8-14(15)17(22)20-11-10-19-16(21)12-23-13-6-2-1-3-7-13/h1-9H,10-12H2,(H,19,21)(H,20,22). The number of amides is 2. The normalized spacial score (nSPS) is 9.96. The summed E-state index contributed by atoms with van der Waals surface area (Å²) >= 11 is 2.12. The van der Waals surface area contributed by atoms with E-state index in [1.54, 1.807) is 18.2 Å². The third kappa shape index (κ3) is 5.90. The third-order valence-electron chi connectivity index (χ3n) is 2.96. The second-order valence-corrected chi connectivity index (χ2v) is 5.85. The van der Waals surface area contributed by atoms with Gasteiger partial charge in [0, 0.05) is 16.7 Å². The molecule has 23 heavy (non-hydrogen) atoms. The summed E-state index contributed by atoms with van der Waals surface area (Å²) in [7, 11) is 0. The van der Waals surface area contributed by atoms with Crippen molar-refractivity contribution in [2.45, 2.75) is 0 Å². The van der Waals surface area contributed by atoms with Crippen LogP contribution in [0, 0.1) is 3.57 Å². The lowest BCUT2D eigenvalue weighted by Crippen LogP contribution is -2.37. The average molecular weight is 424 g/mol. The highest BCUT2D eigenvalue weighted by Gasteiger charge is 2.08. The van der Waals surface area contributed by atoms with E-state index in [4.69, 9.17) is 4.74 Å². The molecule has 0 aromatic heterocycles. The maximum Gasteiger partial charge on any atom is 0.258 e. The van der Waals surface area contributed by atoms with Crippen LogP contribution in [0.3, 0.4) is 0 Å². The van der Waals surface area contributed by atoms with Crippen molar-refractivity contribution >= 4 is 34.4 Å². The topological polar surface area (TPSA) is 67.4 Å². The van der Waals surface area contributed by atoms with Crippen LogP contribution in [0.25, 0.3) is 0 Å². The first kappa shape index (κ1) is 17.3. The Balaban J connectivity index is 1.64. The van der Waals surface area contributed by atoms with E-state index in [0.717, 1.165) is 3.57 Å². The summed E-state index contributed by atoms with van der Waals surface area (Å²) in [5, 5.41) is 5.46. The Hall–Kier alpha value is -2.09. The van der Waals surface area contributed by atoms with E-state index in [1.165, 1.54) is 0 Å². The van der Waals surface area contributed by atoms with Crippen molar-refractivity contribution < 1.29 is 14.3 Å². The number of carbonyl (C=O) groups excluding carboxylic acids is 2. The van der Waals surface area contributed by atoms with Gasteiger partial charge in [-0.2, -0.15) is 0 Å². The third-order valence-corrected chi connectivity index (χ3v) is 3.91. The predicted octanol–water partition coefficient (Wildman–Crippen LogP) is 2.22. The number of rotatable bonds is 7. The lowest BCUT2D eigenvalue weighted by Gasteiger charge is -2.09. The van der Waals surface area contributed by atoms with E-state index in [2.05, 4.69) is 33.2 Å². The van der Waals surface area contributed by atoms with Crippen molar-refractivity contribution in [3.63, 3.8) is 0 Å². The van der Waals surface area contributed by atoms with E-state index in [9.17, 15) is 9.59 Å². The van der Waals surface area contributed by atoms with Gasteiger partial charge in [0.15, 0.2) is 6.61 Å². The van der Waals surface area contributed by atoms with Gasteiger partial charge < -0.3 is 15.4 Å². The second kappa shape index (κ2) is 9.14. The zero-order valence-corrected chi connectivity index (χ0v) is 14.6. The molecule has 2 amide bonds. The summed E-state index contributed by atoms with van der Waals surface area (Å²) in [6, 6.07) is 16.5. The predicted molar refractivity (Wildman–Crippen MR) is 96.4 cm³/mol. The summed E-state index contributed by atoms with van der Waals surface area (Å²) in [5.74, 6) is 0.275. The van der Waals surface area contributed by atoms with Gasteiger partial charge in [-0.15, -0.1) is 0 Å². The fourth-order valence-electron chi connectivity index (χ4n) is 1.84. The quantitative estimate of drug-likeness (QED) is 0.529. The monoisotopic (exact) mass is 424 g/mol. The molecule has 2 rings (SSSR count). The first-order chi connectivity index (χ1) is 11.2. The zero-order valence-electron chi connectivity index (χ0n) is 12.4. The molecule has 2 aromatic carbocycles. The first-order valence-electron chi connectivity index (χ1n) is 7.14. The molecule has 0 bridgehead atoms. The molecule has 0 unspecified atom stereocenters. The molecule has 0 saturated heterocycles. The molecule has 0 fully saturated rings. The van der Waals surface area contributed by atoms with Crippen molar-refractivity contribution in [2.75, 3.05) is 19.7 Å². The highest BCUT2D eigenvalue weighted by atomic mass is 127. The van der Waals surface area contributed by atoms with Gasteiger partial charge >= 0.3 is 0 Å². The number of nitrogens with one attached hydrogen (secondary N) is 2. The maximum absolute atomic E-state index is 12.0. The number of ether oxygens (including phenoxy) is 1. The van der Waals surface area contributed by atoms with Gasteiger partial charge in [0.05, 0.1) is 5.56 Å². The van der Waals surface area contributed by atoms with E-state index in [1.807, 2.05) is 36.4 Å². The van der Waals surface area contributed by atoms with Crippen LogP contribution >= 0.6 is 22.6 Å². The van der Waals surface area contributed by atoms with Gasteiger partial charge in [-0.25, -0.2) is 0 Å². The van der Waals surface area contributed by atoms with Crippen LogP contribution in [0.15, 0.2) is 54.6 Å². The highest BCUT2D eigenvalue weighted by molar-refractivity contribution is 14.1. The van der Waals surface area contributed by atoms with Crippen LogP contribution < -0.4 is 15.4 Å². The molecule has 0 spiro atoms. The Bertz CT molecular complexity index is 662. The van der Waals surface area contributed by atoms with Gasteiger partial charge in [0.2, 0.25) is 0 Å². The Morgan fingerprint density at radius 2 is 1.57 bits per heavy atom. The molecule has 2 aromatic rings. The molecule has 0 heterocycles. The van der Waals surface area contributed by atoms with Crippen LogP contribution in [0.5, 0.6) is 5.75 Å². The minimum Gasteiger partial charge on any atom is -0.484 e. The number of carbonyl (C=O) groups is 2. The molecule has 0 aliphatic rings. The largest absolute Gasteiger partial charge is 0.484 e. The van der Waals surface area contributed by atoms with E-state index < -0.39 is 0 Å². The molecule has 0 saturated carbocycles.